The summed E-state index contributed by atoms with van der Waals surface area (Å²) in [6, 6.07) is 12.1. The summed E-state index contributed by atoms with van der Waals surface area (Å²) in [4.78, 5) is 0. The summed E-state index contributed by atoms with van der Waals surface area (Å²) in [6.45, 7) is 2.54. The van der Waals surface area contributed by atoms with Crippen molar-refractivity contribution in [2.24, 2.45) is 0 Å². The van der Waals surface area contributed by atoms with Crippen LogP contribution in [0.1, 0.15) is 24.1 Å². The summed E-state index contributed by atoms with van der Waals surface area (Å²) in [6.07, 6.45) is 0. The Hall–Kier alpha value is -1.58. The number of rotatable bonds is 5. The summed E-state index contributed by atoms with van der Waals surface area (Å²) < 4.78 is 18.5. The molecule has 2 nitrogen and oxygen atoms in total. The van der Waals surface area contributed by atoms with Gasteiger partial charge in [-0.15, -0.1) is 0 Å². The predicted molar refractivity (Wildman–Crippen MR) is 79.7 cm³/mol. The van der Waals surface area contributed by atoms with Gasteiger partial charge in [-0.05, 0) is 36.8 Å². The molecule has 0 aliphatic heterocycles. The highest BCUT2D eigenvalue weighted by molar-refractivity contribution is 6.31. The van der Waals surface area contributed by atoms with Crippen molar-refractivity contribution in [1.29, 1.82) is 0 Å². The third-order valence-electron chi connectivity index (χ3n) is 3.23. The molecule has 0 heterocycles. The minimum absolute atomic E-state index is 0.0201. The molecule has 0 amide bonds. The number of halogens is 2. The molecule has 1 unspecified atom stereocenters. The average molecular weight is 294 g/mol. The zero-order chi connectivity index (χ0) is 14.5. The van der Waals surface area contributed by atoms with Crippen LogP contribution in [0.3, 0.4) is 0 Å². The highest BCUT2D eigenvalue weighted by atomic mass is 35.5. The van der Waals surface area contributed by atoms with Crippen LogP contribution in [0.4, 0.5) is 4.39 Å². The van der Waals surface area contributed by atoms with Crippen LogP contribution in [0.2, 0.25) is 5.02 Å². The van der Waals surface area contributed by atoms with Crippen molar-refractivity contribution in [2.75, 3.05) is 7.11 Å². The Morgan fingerprint density at radius 2 is 2.00 bits per heavy atom. The van der Waals surface area contributed by atoms with Crippen LogP contribution in [-0.2, 0) is 6.54 Å². The summed E-state index contributed by atoms with van der Waals surface area (Å²) in [5.74, 6) is 0.517. The molecule has 0 spiro atoms. The molecular weight excluding hydrogens is 277 g/mol. The van der Waals surface area contributed by atoms with Crippen LogP contribution in [0.15, 0.2) is 42.5 Å². The van der Waals surface area contributed by atoms with Gasteiger partial charge in [-0.2, -0.15) is 0 Å². The van der Waals surface area contributed by atoms with Gasteiger partial charge >= 0.3 is 0 Å². The first-order chi connectivity index (χ1) is 9.61. The molecule has 0 saturated carbocycles. The van der Waals surface area contributed by atoms with E-state index in [0.29, 0.717) is 11.6 Å². The maximum atomic E-state index is 13.2. The van der Waals surface area contributed by atoms with Crippen molar-refractivity contribution < 1.29 is 9.13 Å². The van der Waals surface area contributed by atoms with Gasteiger partial charge < -0.3 is 10.1 Å². The van der Waals surface area contributed by atoms with Crippen LogP contribution in [0.25, 0.3) is 0 Å². The van der Waals surface area contributed by atoms with E-state index in [1.807, 2.05) is 31.2 Å². The van der Waals surface area contributed by atoms with Gasteiger partial charge in [0.1, 0.15) is 11.6 Å². The second kappa shape index (κ2) is 6.73. The van der Waals surface area contributed by atoms with E-state index in [-0.39, 0.29) is 11.9 Å². The van der Waals surface area contributed by atoms with E-state index in [0.717, 1.165) is 16.9 Å². The van der Waals surface area contributed by atoms with Crippen molar-refractivity contribution in [3.8, 4) is 5.75 Å². The number of hydrogen-bond donors (Lipinski definition) is 1. The Balaban J connectivity index is 2.09. The molecule has 20 heavy (non-hydrogen) atoms. The van der Waals surface area contributed by atoms with E-state index in [9.17, 15) is 4.39 Å². The topological polar surface area (TPSA) is 21.3 Å². The highest BCUT2D eigenvalue weighted by Crippen LogP contribution is 2.26. The van der Waals surface area contributed by atoms with E-state index in [2.05, 4.69) is 5.32 Å². The predicted octanol–water partition coefficient (Wildman–Crippen LogP) is 4.34. The van der Waals surface area contributed by atoms with Crippen molar-refractivity contribution in [3.05, 3.63) is 64.4 Å². The molecule has 0 aliphatic rings. The largest absolute Gasteiger partial charge is 0.496 e. The van der Waals surface area contributed by atoms with Gasteiger partial charge in [-0.25, -0.2) is 4.39 Å². The van der Waals surface area contributed by atoms with Crippen LogP contribution < -0.4 is 10.1 Å². The SMILES string of the molecule is COc1cccc(Cl)c1CNC(C)c1cccc(F)c1. The Labute approximate surface area is 123 Å². The number of hydrogen-bond acceptors (Lipinski definition) is 2. The first-order valence-electron chi connectivity index (χ1n) is 6.42. The molecule has 1 N–H and O–H groups in total. The molecule has 4 heteroatoms. The summed E-state index contributed by atoms with van der Waals surface area (Å²) in [7, 11) is 1.62. The standard InChI is InChI=1S/C16H17ClFNO/c1-11(12-5-3-6-13(18)9-12)19-10-14-15(17)7-4-8-16(14)20-2/h3-9,11,19H,10H2,1-2H3. The molecule has 0 aromatic heterocycles. The molecule has 0 fully saturated rings. The van der Waals surface area contributed by atoms with Gasteiger partial charge in [0, 0.05) is 23.2 Å². The van der Waals surface area contributed by atoms with Gasteiger partial charge in [0.2, 0.25) is 0 Å². The smallest absolute Gasteiger partial charge is 0.124 e. The fourth-order valence-electron chi connectivity index (χ4n) is 2.05. The molecule has 2 aromatic rings. The second-order valence-electron chi connectivity index (χ2n) is 4.58. The van der Waals surface area contributed by atoms with Gasteiger partial charge in [0.25, 0.3) is 0 Å². The van der Waals surface area contributed by atoms with Gasteiger partial charge in [-0.1, -0.05) is 29.8 Å². The summed E-state index contributed by atoms with van der Waals surface area (Å²) in [5.41, 5.74) is 1.80. The molecule has 106 valence electrons. The minimum Gasteiger partial charge on any atom is -0.496 e. The normalized spacial score (nSPS) is 12.2. The lowest BCUT2D eigenvalue weighted by Gasteiger charge is -2.16. The monoisotopic (exact) mass is 293 g/mol. The number of ether oxygens (including phenoxy) is 1. The van der Waals surface area contributed by atoms with Crippen molar-refractivity contribution in [1.82, 2.24) is 5.32 Å². The lowest BCUT2D eigenvalue weighted by Crippen LogP contribution is -2.18. The van der Waals surface area contributed by atoms with Crippen molar-refractivity contribution >= 4 is 11.6 Å². The third kappa shape index (κ3) is 3.50. The van der Waals surface area contributed by atoms with Crippen LogP contribution in [0, 0.1) is 5.82 Å². The Morgan fingerprint density at radius 3 is 2.70 bits per heavy atom. The molecule has 0 aliphatic carbocycles. The quantitative estimate of drug-likeness (QED) is 0.885. The van der Waals surface area contributed by atoms with Crippen molar-refractivity contribution in [2.45, 2.75) is 19.5 Å². The third-order valence-corrected chi connectivity index (χ3v) is 3.58. The van der Waals surface area contributed by atoms with Gasteiger partial charge in [-0.3, -0.25) is 0 Å². The summed E-state index contributed by atoms with van der Waals surface area (Å²) in [5, 5.41) is 3.98. The zero-order valence-electron chi connectivity index (χ0n) is 11.5. The molecular formula is C16H17ClFNO. The maximum Gasteiger partial charge on any atom is 0.124 e. The lowest BCUT2D eigenvalue weighted by atomic mass is 10.1. The lowest BCUT2D eigenvalue weighted by molar-refractivity contribution is 0.406. The van der Waals surface area contributed by atoms with Gasteiger partial charge in [0.05, 0.1) is 7.11 Å². The average Bonchev–Trinajstić information content (AvgIpc) is 2.45. The fourth-order valence-corrected chi connectivity index (χ4v) is 2.28. The first kappa shape index (κ1) is 14.8. The molecule has 2 aromatic carbocycles. The Bertz CT molecular complexity index is 588. The maximum absolute atomic E-state index is 13.2. The van der Waals surface area contributed by atoms with E-state index in [1.165, 1.54) is 12.1 Å². The van der Waals surface area contributed by atoms with Crippen LogP contribution in [-0.4, -0.2) is 7.11 Å². The molecule has 0 saturated heterocycles. The summed E-state index contributed by atoms with van der Waals surface area (Å²) >= 11 is 6.18. The van der Waals surface area contributed by atoms with Crippen LogP contribution >= 0.6 is 11.6 Å². The van der Waals surface area contributed by atoms with E-state index < -0.39 is 0 Å². The minimum atomic E-state index is -0.230. The zero-order valence-corrected chi connectivity index (χ0v) is 12.2. The Morgan fingerprint density at radius 1 is 1.25 bits per heavy atom. The molecule has 0 bridgehead atoms. The highest BCUT2D eigenvalue weighted by Gasteiger charge is 2.10. The number of benzene rings is 2. The number of nitrogens with one attached hydrogen (secondary N) is 1. The molecule has 0 radical (unpaired) electrons. The molecule has 2 rings (SSSR count). The second-order valence-corrected chi connectivity index (χ2v) is 4.99. The van der Waals surface area contributed by atoms with Crippen LogP contribution in [0.5, 0.6) is 5.75 Å². The fraction of sp³-hybridized carbons (Fsp3) is 0.250. The van der Waals surface area contributed by atoms with Crippen molar-refractivity contribution in [3.63, 3.8) is 0 Å². The molecule has 1 atom stereocenters. The Kier molecular flexibility index (Phi) is 4.99. The van der Waals surface area contributed by atoms with E-state index >= 15 is 0 Å². The first-order valence-corrected chi connectivity index (χ1v) is 6.80. The number of methoxy groups -OCH3 is 1. The van der Waals surface area contributed by atoms with Gasteiger partial charge in [0.15, 0.2) is 0 Å². The van der Waals surface area contributed by atoms with E-state index in [1.54, 1.807) is 13.2 Å². The van der Waals surface area contributed by atoms with E-state index in [4.69, 9.17) is 16.3 Å².